The van der Waals surface area contributed by atoms with Crippen molar-refractivity contribution in [2.75, 3.05) is 6.54 Å². The summed E-state index contributed by atoms with van der Waals surface area (Å²) < 4.78 is 1.73. The van der Waals surface area contributed by atoms with Crippen LogP contribution in [0, 0.1) is 11.3 Å². The van der Waals surface area contributed by atoms with E-state index in [0.717, 1.165) is 16.8 Å². The van der Waals surface area contributed by atoms with Gasteiger partial charge in [-0.3, -0.25) is 4.79 Å². The Labute approximate surface area is 197 Å². The van der Waals surface area contributed by atoms with E-state index >= 15 is 0 Å². The monoisotopic (exact) mass is 452 g/mol. The van der Waals surface area contributed by atoms with E-state index in [0.29, 0.717) is 29.2 Å². The Balaban J connectivity index is 1.62. The Morgan fingerprint density at radius 1 is 1.00 bits per heavy atom. The average Bonchev–Trinajstić information content (AvgIpc) is 3.28. The Hall–Kier alpha value is -4.14. The van der Waals surface area contributed by atoms with Crippen molar-refractivity contribution in [3.8, 4) is 23.0 Å². The second kappa shape index (κ2) is 10.4. The molecule has 33 heavy (non-hydrogen) atoms. The molecule has 0 saturated carbocycles. The Kier molecular flexibility index (Phi) is 6.99. The first-order valence-electron chi connectivity index (χ1n) is 10.5. The van der Waals surface area contributed by atoms with E-state index in [9.17, 15) is 10.1 Å². The fourth-order valence-corrected chi connectivity index (χ4v) is 3.53. The molecule has 0 radical (unpaired) electrons. The van der Waals surface area contributed by atoms with Crippen LogP contribution in [0.2, 0.25) is 5.02 Å². The van der Waals surface area contributed by atoms with Crippen molar-refractivity contribution >= 4 is 23.6 Å². The fourth-order valence-electron chi connectivity index (χ4n) is 3.40. The van der Waals surface area contributed by atoms with Crippen LogP contribution in [0.5, 0.6) is 0 Å². The highest BCUT2D eigenvalue weighted by Crippen LogP contribution is 2.27. The van der Waals surface area contributed by atoms with Crippen LogP contribution in [0.4, 0.5) is 0 Å². The summed E-state index contributed by atoms with van der Waals surface area (Å²) in [6.07, 6.45) is 4.08. The summed E-state index contributed by atoms with van der Waals surface area (Å²) in [6.45, 7) is 0.440. The quantitative estimate of drug-likeness (QED) is 0.299. The second-order valence-corrected chi connectivity index (χ2v) is 7.82. The lowest BCUT2D eigenvalue weighted by atomic mass is 10.1. The van der Waals surface area contributed by atoms with Gasteiger partial charge in [-0.1, -0.05) is 72.3 Å². The van der Waals surface area contributed by atoms with Gasteiger partial charge in [-0.25, -0.2) is 4.68 Å². The maximum absolute atomic E-state index is 12.7. The van der Waals surface area contributed by atoms with Crippen LogP contribution in [0.25, 0.3) is 23.0 Å². The molecule has 1 aromatic heterocycles. The summed E-state index contributed by atoms with van der Waals surface area (Å²) in [5.41, 5.74) is 4.16. The fraction of sp³-hybridized carbons (Fsp3) is 0.0741. The Morgan fingerprint density at radius 2 is 1.67 bits per heavy atom. The number of nitriles is 1. The number of rotatable bonds is 7. The minimum atomic E-state index is -0.414. The van der Waals surface area contributed by atoms with Crippen LogP contribution in [-0.2, 0) is 11.2 Å². The van der Waals surface area contributed by atoms with Gasteiger partial charge in [-0.05, 0) is 42.3 Å². The lowest BCUT2D eigenvalue weighted by Gasteiger charge is -2.05. The zero-order chi connectivity index (χ0) is 23.0. The molecule has 1 amide bonds. The number of aromatic nitrogens is 2. The van der Waals surface area contributed by atoms with E-state index < -0.39 is 5.91 Å². The lowest BCUT2D eigenvalue weighted by molar-refractivity contribution is -0.117. The number of hydrogen-bond donors (Lipinski definition) is 1. The van der Waals surface area contributed by atoms with E-state index in [4.69, 9.17) is 16.7 Å². The lowest BCUT2D eigenvalue weighted by Crippen LogP contribution is -2.26. The highest BCUT2D eigenvalue weighted by atomic mass is 35.5. The summed E-state index contributed by atoms with van der Waals surface area (Å²) in [5.74, 6) is -0.414. The number of nitrogens with one attached hydrogen (secondary N) is 1. The maximum atomic E-state index is 12.7. The second-order valence-electron chi connectivity index (χ2n) is 7.38. The summed E-state index contributed by atoms with van der Waals surface area (Å²) in [6, 6.07) is 28.9. The number of carbonyl (C=O) groups excluding carboxylic acids is 1. The van der Waals surface area contributed by atoms with E-state index in [1.54, 1.807) is 22.9 Å². The van der Waals surface area contributed by atoms with Crippen LogP contribution < -0.4 is 5.32 Å². The topological polar surface area (TPSA) is 70.7 Å². The molecule has 4 aromatic rings. The highest BCUT2D eigenvalue weighted by molar-refractivity contribution is 6.30. The minimum absolute atomic E-state index is 0.0193. The predicted octanol–water partition coefficient (Wildman–Crippen LogP) is 5.46. The highest BCUT2D eigenvalue weighted by Gasteiger charge is 2.15. The molecule has 0 saturated heterocycles. The Morgan fingerprint density at radius 3 is 2.33 bits per heavy atom. The van der Waals surface area contributed by atoms with Gasteiger partial charge in [-0.2, -0.15) is 10.4 Å². The molecule has 162 valence electrons. The molecular weight excluding hydrogens is 432 g/mol. The van der Waals surface area contributed by atoms with Crippen molar-refractivity contribution in [1.29, 1.82) is 5.26 Å². The summed E-state index contributed by atoms with van der Waals surface area (Å²) in [7, 11) is 0. The summed E-state index contributed by atoms with van der Waals surface area (Å²) >= 11 is 6.05. The van der Waals surface area contributed by atoms with Crippen molar-refractivity contribution in [2.45, 2.75) is 6.42 Å². The first-order valence-corrected chi connectivity index (χ1v) is 10.9. The van der Waals surface area contributed by atoms with Crippen molar-refractivity contribution in [2.24, 2.45) is 0 Å². The van der Waals surface area contributed by atoms with Gasteiger partial charge in [0.2, 0.25) is 0 Å². The van der Waals surface area contributed by atoms with Crippen LogP contribution >= 0.6 is 11.6 Å². The van der Waals surface area contributed by atoms with Crippen LogP contribution in [0.1, 0.15) is 11.1 Å². The van der Waals surface area contributed by atoms with Gasteiger partial charge in [-0.15, -0.1) is 0 Å². The van der Waals surface area contributed by atoms with Crippen molar-refractivity contribution in [3.63, 3.8) is 0 Å². The first-order chi connectivity index (χ1) is 16.1. The SMILES string of the molecule is N#C/C(=C\c1cn(-c2ccccc2)nc1-c1ccc(Cl)cc1)C(=O)NCCc1ccccc1. The third-order valence-electron chi connectivity index (χ3n) is 5.09. The molecular formula is C27H21ClN4O. The minimum Gasteiger partial charge on any atom is -0.351 e. The number of para-hydroxylation sites is 1. The van der Waals surface area contributed by atoms with E-state index in [2.05, 4.69) is 5.32 Å². The summed E-state index contributed by atoms with van der Waals surface area (Å²) in [4.78, 5) is 12.7. The molecule has 0 atom stereocenters. The number of nitrogens with zero attached hydrogens (tertiary/aromatic N) is 3. The normalized spacial score (nSPS) is 11.1. The van der Waals surface area contributed by atoms with Gasteiger partial charge >= 0.3 is 0 Å². The van der Waals surface area contributed by atoms with E-state index in [1.165, 1.54) is 0 Å². The van der Waals surface area contributed by atoms with Gasteiger partial charge in [0.15, 0.2) is 0 Å². The van der Waals surface area contributed by atoms with Crippen molar-refractivity contribution in [3.05, 3.63) is 113 Å². The van der Waals surface area contributed by atoms with E-state index in [-0.39, 0.29) is 5.57 Å². The van der Waals surface area contributed by atoms with Crippen molar-refractivity contribution in [1.82, 2.24) is 15.1 Å². The zero-order valence-electron chi connectivity index (χ0n) is 17.8. The molecule has 0 aliphatic carbocycles. The first kappa shape index (κ1) is 22.1. The van der Waals surface area contributed by atoms with Crippen LogP contribution in [0.15, 0.2) is 96.7 Å². The number of halogens is 1. The third-order valence-corrected chi connectivity index (χ3v) is 5.34. The van der Waals surface area contributed by atoms with Gasteiger partial charge in [0.1, 0.15) is 11.6 Å². The molecule has 5 nitrogen and oxygen atoms in total. The molecule has 1 N–H and O–H groups in total. The van der Waals surface area contributed by atoms with Gasteiger partial charge < -0.3 is 5.32 Å². The standard InChI is InChI=1S/C27H21ClN4O/c28-24-13-11-21(12-14-24)26-23(19-32(31-26)25-9-5-2-6-10-25)17-22(18-29)27(33)30-16-15-20-7-3-1-4-8-20/h1-14,17,19H,15-16H2,(H,30,33)/b22-17+. The van der Waals surface area contributed by atoms with Gasteiger partial charge in [0, 0.05) is 28.9 Å². The number of amides is 1. The summed E-state index contributed by atoms with van der Waals surface area (Å²) in [5, 5.41) is 17.8. The van der Waals surface area contributed by atoms with Crippen LogP contribution in [0.3, 0.4) is 0 Å². The molecule has 1 heterocycles. The molecule has 0 fully saturated rings. The molecule has 4 rings (SSSR count). The van der Waals surface area contributed by atoms with Crippen molar-refractivity contribution < 1.29 is 4.79 Å². The molecule has 6 heteroatoms. The smallest absolute Gasteiger partial charge is 0.261 e. The zero-order valence-corrected chi connectivity index (χ0v) is 18.5. The number of carbonyl (C=O) groups is 1. The number of benzene rings is 3. The maximum Gasteiger partial charge on any atom is 0.261 e. The molecule has 0 spiro atoms. The number of hydrogen-bond acceptors (Lipinski definition) is 3. The molecule has 0 aliphatic heterocycles. The molecule has 0 unspecified atom stereocenters. The molecule has 3 aromatic carbocycles. The van der Waals surface area contributed by atoms with Gasteiger partial charge in [0.25, 0.3) is 5.91 Å². The van der Waals surface area contributed by atoms with Gasteiger partial charge in [0.05, 0.1) is 11.4 Å². The molecule has 0 aliphatic rings. The van der Waals surface area contributed by atoms with E-state index in [1.807, 2.05) is 85.1 Å². The average molecular weight is 453 g/mol. The third kappa shape index (κ3) is 5.57. The predicted molar refractivity (Wildman–Crippen MR) is 131 cm³/mol. The molecule has 0 bridgehead atoms. The largest absolute Gasteiger partial charge is 0.351 e. The van der Waals surface area contributed by atoms with Crippen LogP contribution in [-0.4, -0.2) is 22.2 Å². The Bertz CT molecular complexity index is 1300.